The molecule has 1 aromatic rings. The molecule has 84 valence electrons. The van der Waals surface area contributed by atoms with E-state index >= 15 is 0 Å². The van der Waals surface area contributed by atoms with Crippen LogP contribution in [0.1, 0.15) is 6.42 Å². The van der Waals surface area contributed by atoms with E-state index in [0.29, 0.717) is 5.69 Å². The molecule has 15 heavy (non-hydrogen) atoms. The maximum Gasteiger partial charge on any atom is 0.148 e. The van der Waals surface area contributed by atoms with E-state index in [0.717, 1.165) is 19.5 Å². The summed E-state index contributed by atoms with van der Waals surface area (Å²) < 4.78 is 13.0. The maximum atomic E-state index is 13.0. The van der Waals surface area contributed by atoms with E-state index < -0.39 is 0 Å². The second-order valence-electron chi connectivity index (χ2n) is 3.78. The minimum atomic E-state index is -0.368. The first-order valence-corrected chi connectivity index (χ1v) is 5.04. The highest BCUT2D eigenvalue weighted by Crippen LogP contribution is 2.20. The molecule has 0 fully saturated rings. The van der Waals surface area contributed by atoms with Crippen LogP contribution in [0.2, 0.25) is 0 Å². The van der Waals surface area contributed by atoms with Gasteiger partial charge in [-0.1, -0.05) is 6.07 Å². The van der Waals surface area contributed by atoms with Crippen molar-refractivity contribution >= 4 is 11.4 Å². The molecule has 3 N–H and O–H groups in total. The number of hydrogen-bond donors (Lipinski definition) is 2. The van der Waals surface area contributed by atoms with E-state index in [9.17, 15) is 4.39 Å². The highest BCUT2D eigenvalue weighted by atomic mass is 19.1. The van der Waals surface area contributed by atoms with Crippen molar-refractivity contribution in [3.8, 4) is 0 Å². The van der Waals surface area contributed by atoms with Gasteiger partial charge in [0.25, 0.3) is 0 Å². The van der Waals surface area contributed by atoms with Crippen LogP contribution in [0.15, 0.2) is 18.2 Å². The summed E-state index contributed by atoms with van der Waals surface area (Å²) >= 11 is 0. The number of nitrogen functional groups attached to an aromatic ring is 1. The Morgan fingerprint density at radius 3 is 2.80 bits per heavy atom. The number of nitrogens with two attached hydrogens (primary N) is 1. The Bertz CT molecular complexity index is 313. The van der Waals surface area contributed by atoms with Crippen molar-refractivity contribution in [1.29, 1.82) is 0 Å². The summed E-state index contributed by atoms with van der Waals surface area (Å²) in [6.07, 6.45) is 1.00. The van der Waals surface area contributed by atoms with Crippen molar-refractivity contribution < 1.29 is 4.39 Å². The number of rotatable bonds is 5. The molecule has 1 aromatic carbocycles. The second-order valence-corrected chi connectivity index (χ2v) is 3.78. The Balaban J connectivity index is 2.41. The molecule has 3 nitrogen and oxygen atoms in total. The first-order valence-electron chi connectivity index (χ1n) is 5.04. The molecule has 0 amide bonds. The fraction of sp³-hybridized carbons (Fsp3) is 0.455. The molecule has 1 rings (SSSR count). The Morgan fingerprint density at radius 1 is 1.40 bits per heavy atom. The van der Waals surface area contributed by atoms with Gasteiger partial charge in [-0.2, -0.15) is 0 Å². The fourth-order valence-electron chi connectivity index (χ4n) is 1.31. The summed E-state index contributed by atoms with van der Waals surface area (Å²) in [5, 5.41) is 3.12. The van der Waals surface area contributed by atoms with Gasteiger partial charge in [0.05, 0.1) is 11.4 Å². The molecule has 0 aliphatic rings. The van der Waals surface area contributed by atoms with Crippen LogP contribution in [0.3, 0.4) is 0 Å². The van der Waals surface area contributed by atoms with Gasteiger partial charge in [0, 0.05) is 6.54 Å². The average molecular weight is 211 g/mol. The van der Waals surface area contributed by atoms with Crippen LogP contribution in [-0.4, -0.2) is 32.1 Å². The van der Waals surface area contributed by atoms with Crippen LogP contribution >= 0.6 is 0 Å². The number of nitrogens with zero attached hydrogens (tertiary/aromatic N) is 1. The molecule has 0 aromatic heterocycles. The summed E-state index contributed by atoms with van der Waals surface area (Å²) in [4.78, 5) is 2.11. The van der Waals surface area contributed by atoms with Crippen LogP contribution in [0.25, 0.3) is 0 Å². The van der Waals surface area contributed by atoms with Crippen LogP contribution in [0.5, 0.6) is 0 Å². The molecular formula is C11H18FN3. The molecule has 0 aliphatic carbocycles. The first kappa shape index (κ1) is 11.8. The maximum absolute atomic E-state index is 13.0. The Morgan fingerprint density at radius 2 is 2.13 bits per heavy atom. The average Bonchev–Trinajstić information content (AvgIpc) is 2.18. The van der Waals surface area contributed by atoms with Crippen LogP contribution in [0.4, 0.5) is 15.8 Å². The van der Waals surface area contributed by atoms with Gasteiger partial charge >= 0.3 is 0 Å². The molecule has 0 aliphatic heterocycles. The van der Waals surface area contributed by atoms with Crippen LogP contribution < -0.4 is 11.1 Å². The van der Waals surface area contributed by atoms with Gasteiger partial charge < -0.3 is 16.0 Å². The van der Waals surface area contributed by atoms with Gasteiger partial charge in [0.15, 0.2) is 0 Å². The number of nitrogens with one attached hydrogen (secondary N) is 1. The van der Waals surface area contributed by atoms with Crippen molar-refractivity contribution in [3.05, 3.63) is 24.0 Å². The second kappa shape index (κ2) is 5.56. The molecule has 0 unspecified atom stereocenters. The molecule has 4 heteroatoms. The third-order valence-corrected chi connectivity index (χ3v) is 2.15. The van der Waals surface area contributed by atoms with Crippen molar-refractivity contribution in [1.82, 2.24) is 4.90 Å². The zero-order chi connectivity index (χ0) is 11.3. The molecule has 0 spiro atoms. The van der Waals surface area contributed by atoms with Gasteiger partial charge in [-0.25, -0.2) is 4.39 Å². The van der Waals surface area contributed by atoms with Gasteiger partial charge in [-0.05, 0) is 39.2 Å². The molecular weight excluding hydrogens is 193 g/mol. The van der Waals surface area contributed by atoms with Crippen molar-refractivity contribution in [3.63, 3.8) is 0 Å². The van der Waals surface area contributed by atoms with Gasteiger partial charge in [-0.15, -0.1) is 0 Å². The monoisotopic (exact) mass is 211 g/mol. The van der Waals surface area contributed by atoms with Crippen molar-refractivity contribution in [2.45, 2.75) is 6.42 Å². The lowest BCUT2D eigenvalue weighted by Gasteiger charge is -2.12. The van der Waals surface area contributed by atoms with E-state index in [1.165, 1.54) is 6.07 Å². The summed E-state index contributed by atoms with van der Waals surface area (Å²) in [6, 6.07) is 4.80. The predicted octanol–water partition coefficient (Wildman–Crippen LogP) is 1.77. The van der Waals surface area contributed by atoms with Gasteiger partial charge in [0.1, 0.15) is 5.82 Å². The van der Waals surface area contributed by atoms with E-state index in [1.807, 2.05) is 14.1 Å². The zero-order valence-corrected chi connectivity index (χ0v) is 9.26. The summed E-state index contributed by atoms with van der Waals surface area (Å²) in [5.74, 6) is -0.368. The first-order chi connectivity index (χ1) is 7.11. The summed E-state index contributed by atoms with van der Waals surface area (Å²) in [5.41, 5.74) is 6.45. The molecule has 0 saturated heterocycles. The molecule has 0 radical (unpaired) electrons. The summed E-state index contributed by atoms with van der Waals surface area (Å²) in [6.45, 7) is 1.80. The topological polar surface area (TPSA) is 41.3 Å². The smallest absolute Gasteiger partial charge is 0.148 e. The third-order valence-electron chi connectivity index (χ3n) is 2.15. The lowest BCUT2D eigenvalue weighted by atomic mass is 10.2. The fourth-order valence-corrected chi connectivity index (χ4v) is 1.31. The van der Waals surface area contributed by atoms with E-state index in [2.05, 4.69) is 10.2 Å². The van der Waals surface area contributed by atoms with E-state index in [4.69, 9.17) is 5.73 Å². The van der Waals surface area contributed by atoms with Crippen LogP contribution in [0, 0.1) is 5.82 Å². The zero-order valence-electron chi connectivity index (χ0n) is 9.26. The van der Waals surface area contributed by atoms with Crippen molar-refractivity contribution in [2.24, 2.45) is 0 Å². The number of halogens is 1. The standard InChI is InChI=1S/C11H18FN3/c1-15(2)8-4-7-14-10-6-3-5-9(12)11(10)13/h3,5-6,14H,4,7-8,13H2,1-2H3. The van der Waals surface area contributed by atoms with E-state index in [-0.39, 0.29) is 11.5 Å². The van der Waals surface area contributed by atoms with Crippen molar-refractivity contribution in [2.75, 3.05) is 38.2 Å². The minimum Gasteiger partial charge on any atom is -0.395 e. The molecule has 0 atom stereocenters. The number of anilines is 2. The predicted molar refractivity (Wildman–Crippen MR) is 62.5 cm³/mol. The third kappa shape index (κ3) is 3.75. The Kier molecular flexibility index (Phi) is 4.37. The largest absolute Gasteiger partial charge is 0.395 e. The quantitative estimate of drug-likeness (QED) is 0.576. The van der Waals surface area contributed by atoms with E-state index in [1.54, 1.807) is 12.1 Å². The normalized spacial score (nSPS) is 10.7. The number of hydrogen-bond acceptors (Lipinski definition) is 3. The molecule has 0 saturated carbocycles. The highest BCUT2D eigenvalue weighted by molar-refractivity contribution is 5.66. The Labute approximate surface area is 90.1 Å². The minimum absolute atomic E-state index is 0.197. The lowest BCUT2D eigenvalue weighted by molar-refractivity contribution is 0.405. The highest BCUT2D eigenvalue weighted by Gasteiger charge is 2.02. The van der Waals surface area contributed by atoms with Gasteiger partial charge in [-0.3, -0.25) is 0 Å². The molecule has 0 heterocycles. The number of benzene rings is 1. The SMILES string of the molecule is CN(C)CCCNc1cccc(F)c1N. The summed E-state index contributed by atoms with van der Waals surface area (Å²) in [7, 11) is 4.05. The van der Waals surface area contributed by atoms with Gasteiger partial charge in [0.2, 0.25) is 0 Å². The number of para-hydroxylation sites is 1. The molecule has 0 bridgehead atoms. The Hall–Kier alpha value is -1.29. The van der Waals surface area contributed by atoms with Crippen LogP contribution in [-0.2, 0) is 0 Å². The lowest BCUT2D eigenvalue weighted by Crippen LogP contribution is -2.16.